The number of nitrogens with one attached hydrogen (secondary N) is 1. The molecule has 0 radical (unpaired) electrons. The number of halogens is 1. The molecule has 0 saturated heterocycles. The number of nitrogens with two attached hydrogens (primary N) is 1. The van der Waals surface area contributed by atoms with Crippen LogP contribution in [0.4, 0.5) is 0 Å². The topological polar surface area (TPSA) is 64.3 Å². The maximum atomic E-state index is 11.5. The molecule has 0 aliphatic rings. The molecule has 0 bridgehead atoms. The van der Waals surface area contributed by atoms with Crippen LogP contribution in [0.15, 0.2) is 36.4 Å². The Labute approximate surface area is 131 Å². The van der Waals surface area contributed by atoms with Crippen LogP contribution in [-0.2, 0) is 11.3 Å². The summed E-state index contributed by atoms with van der Waals surface area (Å²) < 4.78 is 5.20. The quantitative estimate of drug-likeness (QED) is 0.862. The van der Waals surface area contributed by atoms with Gasteiger partial charge in [-0.1, -0.05) is 18.2 Å². The molecule has 0 aliphatic heterocycles. The largest absolute Gasteiger partial charge is 0.497 e. The number of carbonyl (C=O) groups is 1. The van der Waals surface area contributed by atoms with Crippen molar-refractivity contribution >= 4 is 29.1 Å². The van der Waals surface area contributed by atoms with Gasteiger partial charge in [-0.05, 0) is 47.5 Å². The first-order valence-corrected chi connectivity index (χ1v) is 6.76. The highest BCUT2D eigenvalue weighted by molar-refractivity contribution is 5.85. The molecule has 2 aromatic rings. The van der Waals surface area contributed by atoms with Crippen molar-refractivity contribution in [2.75, 3.05) is 13.7 Å². The Morgan fingerprint density at radius 3 is 2.62 bits per heavy atom. The Morgan fingerprint density at radius 2 is 1.90 bits per heavy atom. The van der Waals surface area contributed by atoms with Gasteiger partial charge in [-0.25, -0.2) is 0 Å². The number of benzene rings is 2. The van der Waals surface area contributed by atoms with E-state index in [1.807, 2.05) is 30.3 Å². The molecule has 0 heterocycles. The van der Waals surface area contributed by atoms with Gasteiger partial charge in [0.1, 0.15) is 5.75 Å². The molecular formula is C16H21ClN2O2. The van der Waals surface area contributed by atoms with E-state index in [9.17, 15) is 4.79 Å². The zero-order valence-electron chi connectivity index (χ0n) is 12.1. The van der Waals surface area contributed by atoms with Crippen molar-refractivity contribution in [1.82, 2.24) is 5.32 Å². The molecule has 114 valence electrons. The second kappa shape index (κ2) is 8.49. The number of hydrogen-bond acceptors (Lipinski definition) is 3. The molecule has 0 spiro atoms. The molecule has 0 aromatic heterocycles. The van der Waals surface area contributed by atoms with Gasteiger partial charge in [0.15, 0.2) is 0 Å². The second-order valence-electron chi connectivity index (χ2n) is 4.72. The van der Waals surface area contributed by atoms with Crippen LogP contribution in [-0.4, -0.2) is 19.6 Å². The van der Waals surface area contributed by atoms with Crippen LogP contribution in [0.2, 0.25) is 0 Å². The van der Waals surface area contributed by atoms with Gasteiger partial charge in [-0.2, -0.15) is 0 Å². The summed E-state index contributed by atoms with van der Waals surface area (Å²) in [6.07, 6.45) is 1.21. The summed E-state index contributed by atoms with van der Waals surface area (Å²) in [4.78, 5) is 11.5. The highest BCUT2D eigenvalue weighted by Crippen LogP contribution is 2.21. The van der Waals surface area contributed by atoms with E-state index in [1.165, 1.54) is 0 Å². The number of hydrogen-bond donors (Lipinski definition) is 2. The molecule has 3 N–H and O–H groups in total. The smallest absolute Gasteiger partial charge is 0.220 e. The fourth-order valence-electron chi connectivity index (χ4n) is 2.06. The zero-order valence-corrected chi connectivity index (χ0v) is 12.9. The van der Waals surface area contributed by atoms with E-state index >= 15 is 0 Å². The van der Waals surface area contributed by atoms with Gasteiger partial charge < -0.3 is 15.8 Å². The van der Waals surface area contributed by atoms with Gasteiger partial charge >= 0.3 is 0 Å². The van der Waals surface area contributed by atoms with E-state index in [2.05, 4.69) is 11.4 Å². The maximum Gasteiger partial charge on any atom is 0.220 e. The summed E-state index contributed by atoms with van der Waals surface area (Å²) in [6.45, 7) is 1.09. The molecule has 1 amide bonds. The van der Waals surface area contributed by atoms with Gasteiger partial charge in [0.25, 0.3) is 0 Å². The normalized spacial score (nSPS) is 10.0. The lowest BCUT2D eigenvalue weighted by Crippen LogP contribution is -2.23. The summed E-state index contributed by atoms with van der Waals surface area (Å²) in [5.41, 5.74) is 6.47. The molecule has 2 rings (SSSR count). The van der Waals surface area contributed by atoms with E-state index in [0.29, 0.717) is 19.5 Å². The molecule has 0 fully saturated rings. The maximum absolute atomic E-state index is 11.5. The van der Waals surface area contributed by atoms with Crippen molar-refractivity contribution in [3.8, 4) is 5.75 Å². The Hall–Kier alpha value is -1.78. The number of rotatable bonds is 6. The minimum absolute atomic E-state index is 0. The van der Waals surface area contributed by atoms with Gasteiger partial charge in [0, 0.05) is 13.0 Å². The standard InChI is InChI=1S/C16H20N2O2.ClH/c1-20-15-7-6-13-9-12(4-5-14(13)10-15)11-18-16(19)3-2-8-17;/h4-7,9-10H,2-3,8,11,17H2,1H3,(H,18,19);1H. The zero-order chi connectivity index (χ0) is 14.4. The average Bonchev–Trinajstić information content (AvgIpc) is 2.50. The van der Waals surface area contributed by atoms with Crippen LogP contribution in [0.3, 0.4) is 0 Å². The van der Waals surface area contributed by atoms with E-state index in [0.717, 1.165) is 28.5 Å². The third kappa shape index (κ3) is 4.92. The van der Waals surface area contributed by atoms with Gasteiger partial charge in [0.2, 0.25) is 5.91 Å². The lowest BCUT2D eigenvalue weighted by molar-refractivity contribution is -0.121. The van der Waals surface area contributed by atoms with Crippen LogP contribution in [0.5, 0.6) is 5.75 Å². The molecule has 4 nitrogen and oxygen atoms in total. The highest BCUT2D eigenvalue weighted by Gasteiger charge is 2.02. The lowest BCUT2D eigenvalue weighted by Gasteiger charge is -2.07. The summed E-state index contributed by atoms with van der Waals surface area (Å²) in [5, 5.41) is 5.17. The lowest BCUT2D eigenvalue weighted by atomic mass is 10.1. The van der Waals surface area contributed by atoms with E-state index in [-0.39, 0.29) is 18.3 Å². The number of carbonyl (C=O) groups excluding carboxylic acids is 1. The van der Waals surface area contributed by atoms with Crippen LogP contribution < -0.4 is 15.8 Å². The predicted octanol–water partition coefficient (Wildman–Crippen LogP) is 2.63. The van der Waals surface area contributed by atoms with Crippen LogP contribution in [0.25, 0.3) is 10.8 Å². The summed E-state index contributed by atoms with van der Waals surface area (Å²) in [6, 6.07) is 12.1. The summed E-state index contributed by atoms with van der Waals surface area (Å²) >= 11 is 0. The fourth-order valence-corrected chi connectivity index (χ4v) is 2.06. The molecule has 21 heavy (non-hydrogen) atoms. The molecular weight excluding hydrogens is 288 g/mol. The summed E-state index contributed by atoms with van der Waals surface area (Å²) in [5.74, 6) is 0.894. The monoisotopic (exact) mass is 308 g/mol. The minimum Gasteiger partial charge on any atom is -0.497 e. The summed E-state index contributed by atoms with van der Waals surface area (Å²) in [7, 11) is 1.66. The second-order valence-corrected chi connectivity index (χ2v) is 4.72. The Bertz CT molecular complexity index is 602. The fraction of sp³-hybridized carbons (Fsp3) is 0.312. The number of ether oxygens (including phenoxy) is 1. The van der Waals surface area contributed by atoms with E-state index < -0.39 is 0 Å². The highest BCUT2D eigenvalue weighted by atomic mass is 35.5. The van der Waals surface area contributed by atoms with Gasteiger partial charge in [-0.3, -0.25) is 4.79 Å². The Morgan fingerprint density at radius 1 is 1.19 bits per heavy atom. The molecule has 0 unspecified atom stereocenters. The number of methoxy groups -OCH3 is 1. The SMILES string of the molecule is COc1ccc2cc(CNC(=O)CCCN)ccc2c1.Cl. The van der Waals surface area contributed by atoms with Crippen molar-refractivity contribution in [3.05, 3.63) is 42.0 Å². The predicted molar refractivity (Wildman–Crippen MR) is 87.9 cm³/mol. The van der Waals surface area contributed by atoms with Crippen molar-refractivity contribution in [1.29, 1.82) is 0 Å². The van der Waals surface area contributed by atoms with E-state index in [4.69, 9.17) is 10.5 Å². The Kier molecular flexibility index (Phi) is 6.99. The Balaban J connectivity index is 0.00000220. The van der Waals surface area contributed by atoms with Crippen LogP contribution in [0.1, 0.15) is 18.4 Å². The number of amides is 1. The average molecular weight is 309 g/mol. The first-order chi connectivity index (χ1) is 9.72. The van der Waals surface area contributed by atoms with Gasteiger partial charge in [-0.15, -0.1) is 12.4 Å². The third-order valence-electron chi connectivity index (χ3n) is 3.21. The first kappa shape index (κ1) is 17.3. The van der Waals surface area contributed by atoms with Crippen LogP contribution in [0, 0.1) is 0 Å². The third-order valence-corrected chi connectivity index (χ3v) is 3.21. The van der Waals surface area contributed by atoms with Crippen LogP contribution >= 0.6 is 12.4 Å². The van der Waals surface area contributed by atoms with E-state index in [1.54, 1.807) is 7.11 Å². The van der Waals surface area contributed by atoms with Gasteiger partial charge in [0.05, 0.1) is 7.11 Å². The minimum atomic E-state index is 0. The molecule has 5 heteroatoms. The first-order valence-electron chi connectivity index (χ1n) is 6.76. The molecule has 0 aliphatic carbocycles. The molecule has 0 saturated carbocycles. The van der Waals surface area contributed by atoms with Crippen molar-refractivity contribution in [3.63, 3.8) is 0 Å². The van der Waals surface area contributed by atoms with Crippen molar-refractivity contribution in [2.24, 2.45) is 5.73 Å². The molecule has 2 aromatic carbocycles. The van der Waals surface area contributed by atoms with Crippen molar-refractivity contribution in [2.45, 2.75) is 19.4 Å². The molecule has 0 atom stereocenters. The number of fused-ring (bicyclic) bond motifs is 1. The van der Waals surface area contributed by atoms with Crippen molar-refractivity contribution < 1.29 is 9.53 Å².